The number of hydrogen-bond donors (Lipinski definition) is 1. The molecule has 0 saturated heterocycles. The summed E-state index contributed by atoms with van der Waals surface area (Å²) in [7, 11) is 0. The van der Waals surface area contributed by atoms with Crippen LogP contribution in [0, 0.1) is 5.82 Å². The van der Waals surface area contributed by atoms with E-state index in [0.29, 0.717) is 12.5 Å². The molecule has 0 atom stereocenters. The molecular weight excluding hydrogens is 262 g/mol. The van der Waals surface area contributed by atoms with Crippen molar-refractivity contribution in [2.24, 2.45) is 0 Å². The Kier molecular flexibility index (Phi) is 3.46. The molecule has 0 unspecified atom stereocenters. The van der Waals surface area contributed by atoms with Crippen LogP contribution in [-0.2, 0) is 12.7 Å². The Morgan fingerprint density at radius 2 is 2.05 bits per heavy atom. The van der Waals surface area contributed by atoms with E-state index in [4.69, 9.17) is 0 Å². The minimum Gasteiger partial charge on any atom is -0.326 e. The lowest BCUT2D eigenvalue weighted by atomic mass is 10.2. The van der Waals surface area contributed by atoms with Gasteiger partial charge in [0, 0.05) is 24.6 Å². The Morgan fingerprint density at radius 1 is 1.32 bits per heavy atom. The molecule has 1 aromatic carbocycles. The number of anilines is 2. The number of aromatic nitrogens is 2. The average Bonchev–Trinajstić information content (AvgIpc) is 2.77. The topological polar surface area (TPSA) is 29.9 Å². The predicted octanol–water partition coefficient (Wildman–Crippen LogP) is 3.80. The number of nitrogens with zero attached hydrogens (tertiary/aromatic N) is 2. The molecule has 0 bridgehead atoms. The Balaban J connectivity index is 2.32. The molecule has 7 heteroatoms. The number of rotatable bonds is 3. The summed E-state index contributed by atoms with van der Waals surface area (Å²) in [5.74, 6) is -0.890. The monoisotopic (exact) mass is 273 g/mol. The molecule has 2 aromatic rings. The number of halogens is 4. The molecule has 0 fully saturated rings. The van der Waals surface area contributed by atoms with Crippen molar-refractivity contribution in [1.29, 1.82) is 0 Å². The maximum atomic E-state index is 13.1. The van der Waals surface area contributed by atoms with Gasteiger partial charge in [-0.25, -0.2) is 9.37 Å². The summed E-state index contributed by atoms with van der Waals surface area (Å²) < 4.78 is 52.5. The smallest absolute Gasteiger partial charge is 0.326 e. The second-order valence-corrected chi connectivity index (χ2v) is 3.85. The Labute approximate surface area is 106 Å². The molecule has 0 aliphatic heterocycles. The minimum absolute atomic E-state index is 0.134. The Morgan fingerprint density at radius 3 is 2.68 bits per heavy atom. The van der Waals surface area contributed by atoms with Gasteiger partial charge in [0.2, 0.25) is 5.95 Å². The summed E-state index contributed by atoms with van der Waals surface area (Å²) in [4.78, 5) is 3.97. The highest BCUT2D eigenvalue weighted by Crippen LogP contribution is 2.33. The quantitative estimate of drug-likeness (QED) is 0.862. The van der Waals surface area contributed by atoms with Crippen LogP contribution in [0.3, 0.4) is 0 Å². The van der Waals surface area contributed by atoms with Crippen LogP contribution in [0.1, 0.15) is 12.5 Å². The molecule has 1 N–H and O–H groups in total. The molecule has 0 spiro atoms. The third kappa shape index (κ3) is 2.86. The van der Waals surface area contributed by atoms with Crippen LogP contribution in [0.15, 0.2) is 30.6 Å². The molecule has 0 amide bonds. The summed E-state index contributed by atoms with van der Waals surface area (Å²) in [6.07, 6.45) is -1.50. The van der Waals surface area contributed by atoms with Gasteiger partial charge in [-0.3, -0.25) is 0 Å². The van der Waals surface area contributed by atoms with Gasteiger partial charge in [0.1, 0.15) is 5.82 Å². The van der Waals surface area contributed by atoms with Crippen LogP contribution < -0.4 is 5.32 Å². The number of aryl methyl sites for hydroxylation is 1. The lowest BCUT2D eigenvalue weighted by molar-refractivity contribution is -0.139. The summed E-state index contributed by atoms with van der Waals surface area (Å²) in [6.45, 7) is 2.49. The van der Waals surface area contributed by atoms with Gasteiger partial charge in [0.15, 0.2) is 0 Å². The van der Waals surface area contributed by atoms with E-state index in [1.807, 2.05) is 6.92 Å². The number of alkyl halides is 3. The van der Waals surface area contributed by atoms with Crippen molar-refractivity contribution in [3.63, 3.8) is 0 Å². The van der Waals surface area contributed by atoms with Crippen molar-refractivity contribution in [1.82, 2.24) is 9.55 Å². The number of imidazole rings is 1. The number of benzene rings is 1. The van der Waals surface area contributed by atoms with Crippen molar-refractivity contribution in [2.75, 3.05) is 5.32 Å². The molecule has 19 heavy (non-hydrogen) atoms. The summed E-state index contributed by atoms with van der Waals surface area (Å²) in [5.41, 5.74) is -1.17. The summed E-state index contributed by atoms with van der Waals surface area (Å²) >= 11 is 0. The van der Waals surface area contributed by atoms with E-state index in [1.54, 1.807) is 10.8 Å². The van der Waals surface area contributed by atoms with Crippen molar-refractivity contribution in [3.8, 4) is 0 Å². The maximum Gasteiger partial charge on any atom is 0.419 e. The first kappa shape index (κ1) is 13.4. The van der Waals surface area contributed by atoms with E-state index in [2.05, 4.69) is 10.3 Å². The summed E-state index contributed by atoms with van der Waals surface area (Å²) in [5, 5.41) is 2.73. The zero-order valence-electron chi connectivity index (χ0n) is 10.0. The van der Waals surface area contributed by atoms with Gasteiger partial charge in [-0.15, -0.1) is 0 Å². The number of nitrogens with one attached hydrogen (secondary N) is 1. The van der Waals surface area contributed by atoms with E-state index < -0.39 is 17.6 Å². The lowest BCUT2D eigenvalue weighted by Crippen LogP contribution is -2.09. The highest BCUT2D eigenvalue weighted by atomic mass is 19.4. The highest BCUT2D eigenvalue weighted by molar-refractivity contribution is 5.55. The van der Waals surface area contributed by atoms with Crippen LogP contribution in [0.5, 0.6) is 0 Å². The third-order valence-electron chi connectivity index (χ3n) is 2.58. The molecule has 0 aliphatic rings. The summed E-state index contributed by atoms with van der Waals surface area (Å²) in [6, 6.07) is 2.74. The second kappa shape index (κ2) is 4.91. The fourth-order valence-electron chi connectivity index (χ4n) is 1.64. The predicted molar refractivity (Wildman–Crippen MR) is 62.6 cm³/mol. The average molecular weight is 273 g/mol. The largest absolute Gasteiger partial charge is 0.419 e. The van der Waals surface area contributed by atoms with E-state index >= 15 is 0 Å². The first-order valence-corrected chi connectivity index (χ1v) is 5.56. The first-order chi connectivity index (χ1) is 8.91. The minimum atomic E-state index is -4.72. The van der Waals surface area contributed by atoms with E-state index in [9.17, 15) is 17.6 Å². The van der Waals surface area contributed by atoms with Crippen LogP contribution in [0.25, 0.3) is 0 Å². The second-order valence-electron chi connectivity index (χ2n) is 3.85. The maximum absolute atomic E-state index is 13.1. The molecule has 3 nitrogen and oxygen atoms in total. The fraction of sp³-hybridized carbons (Fsp3) is 0.250. The SMILES string of the molecule is CCn1ccnc1Nc1ccc(F)c(C(F)(F)F)c1. The molecule has 102 valence electrons. The highest BCUT2D eigenvalue weighted by Gasteiger charge is 2.34. The van der Waals surface area contributed by atoms with Crippen molar-refractivity contribution in [3.05, 3.63) is 42.0 Å². The molecule has 0 radical (unpaired) electrons. The zero-order valence-corrected chi connectivity index (χ0v) is 10.0. The van der Waals surface area contributed by atoms with Gasteiger partial charge in [0.25, 0.3) is 0 Å². The zero-order chi connectivity index (χ0) is 14.0. The van der Waals surface area contributed by atoms with Crippen molar-refractivity contribution in [2.45, 2.75) is 19.6 Å². The van der Waals surface area contributed by atoms with E-state index in [1.165, 1.54) is 12.3 Å². The van der Waals surface area contributed by atoms with Gasteiger partial charge in [-0.1, -0.05) is 0 Å². The van der Waals surface area contributed by atoms with Gasteiger partial charge in [-0.05, 0) is 25.1 Å². The van der Waals surface area contributed by atoms with Crippen LogP contribution in [0.4, 0.5) is 29.2 Å². The normalized spacial score (nSPS) is 11.6. The molecule has 1 heterocycles. The Hall–Kier alpha value is -2.05. The molecule has 0 saturated carbocycles. The molecular formula is C12H11F4N3. The molecule has 0 aliphatic carbocycles. The number of hydrogen-bond acceptors (Lipinski definition) is 2. The first-order valence-electron chi connectivity index (χ1n) is 5.56. The van der Waals surface area contributed by atoms with Crippen molar-refractivity contribution >= 4 is 11.6 Å². The standard InChI is InChI=1S/C12H11F4N3/c1-2-19-6-5-17-11(19)18-8-3-4-10(13)9(7-8)12(14,15)16/h3-7H,2H2,1H3,(H,17,18). The van der Waals surface area contributed by atoms with Crippen LogP contribution in [0.2, 0.25) is 0 Å². The van der Waals surface area contributed by atoms with E-state index in [-0.39, 0.29) is 5.69 Å². The van der Waals surface area contributed by atoms with Crippen molar-refractivity contribution < 1.29 is 17.6 Å². The van der Waals surface area contributed by atoms with Gasteiger partial charge in [0.05, 0.1) is 5.56 Å². The van der Waals surface area contributed by atoms with Gasteiger partial charge < -0.3 is 9.88 Å². The Bertz CT molecular complexity index is 575. The molecule has 2 rings (SSSR count). The fourth-order valence-corrected chi connectivity index (χ4v) is 1.64. The van der Waals surface area contributed by atoms with Gasteiger partial charge >= 0.3 is 6.18 Å². The van der Waals surface area contributed by atoms with Crippen LogP contribution in [-0.4, -0.2) is 9.55 Å². The third-order valence-corrected chi connectivity index (χ3v) is 2.58. The van der Waals surface area contributed by atoms with E-state index in [0.717, 1.165) is 12.1 Å². The molecule has 1 aromatic heterocycles. The van der Waals surface area contributed by atoms with Gasteiger partial charge in [-0.2, -0.15) is 13.2 Å². The van der Waals surface area contributed by atoms with Crippen LogP contribution >= 0.6 is 0 Å². The lowest BCUT2D eigenvalue weighted by Gasteiger charge is -2.12.